The number of hydrogen-bond donors (Lipinski definition) is 0. The zero-order valence-corrected chi connectivity index (χ0v) is 17.5. The molecule has 158 valence electrons. The molecular weight excluding hydrogens is 425 g/mol. The summed E-state index contributed by atoms with van der Waals surface area (Å²) in [6.07, 6.45) is 2.21. The molecule has 2 aromatic heterocycles. The molecule has 1 unspecified atom stereocenters. The van der Waals surface area contributed by atoms with E-state index in [1.807, 2.05) is 6.92 Å². The van der Waals surface area contributed by atoms with Gasteiger partial charge in [-0.1, -0.05) is 25.2 Å². The summed E-state index contributed by atoms with van der Waals surface area (Å²) in [6, 6.07) is 0.502. The molecule has 0 radical (unpaired) electrons. The van der Waals surface area contributed by atoms with E-state index < -0.39 is 39.6 Å². The van der Waals surface area contributed by atoms with Gasteiger partial charge in [0.1, 0.15) is 4.21 Å². The quantitative estimate of drug-likeness (QED) is 0.575. The van der Waals surface area contributed by atoms with Gasteiger partial charge < -0.3 is 14.1 Å². The van der Waals surface area contributed by atoms with Gasteiger partial charge >= 0.3 is 12.0 Å². The fraction of sp³-hybridized carbons (Fsp3) is 0.471. The maximum absolute atomic E-state index is 13.6. The predicted octanol–water partition coefficient (Wildman–Crippen LogP) is 2.89. The third kappa shape index (κ3) is 4.27. The summed E-state index contributed by atoms with van der Waals surface area (Å²) in [5.74, 6) is -2.58. The third-order valence-corrected chi connectivity index (χ3v) is 7.61. The van der Waals surface area contributed by atoms with Gasteiger partial charge in [-0.25, -0.2) is 32.3 Å². The zero-order chi connectivity index (χ0) is 21.2. The number of amides is 2. The fourth-order valence-corrected chi connectivity index (χ4v) is 5.49. The first kappa shape index (κ1) is 21.2. The number of ether oxygens (including phenoxy) is 1. The fourth-order valence-electron chi connectivity index (χ4n) is 2.87. The molecule has 3 rings (SSSR count). The molecule has 1 saturated heterocycles. The summed E-state index contributed by atoms with van der Waals surface area (Å²) in [7, 11) is -3.51. The number of hydrogen-bond acceptors (Lipinski definition) is 8. The number of nitrogens with zero attached hydrogens (tertiary/aromatic N) is 3. The summed E-state index contributed by atoms with van der Waals surface area (Å²) in [4.78, 5) is 31.7. The lowest BCUT2D eigenvalue weighted by molar-refractivity contribution is 0.0283. The molecule has 2 amide bonds. The number of thiazole rings is 1. The molecule has 1 atom stereocenters. The Labute approximate surface area is 171 Å². The lowest BCUT2D eigenvalue weighted by atomic mass is 10.4. The van der Waals surface area contributed by atoms with Crippen LogP contribution in [0.5, 0.6) is 0 Å². The first-order chi connectivity index (χ1) is 13.8. The second kappa shape index (κ2) is 8.49. The molecule has 0 spiro atoms. The van der Waals surface area contributed by atoms with Gasteiger partial charge in [0.05, 0.1) is 24.8 Å². The molecule has 0 bridgehead atoms. The van der Waals surface area contributed by atoms with E-state index in [-0.39, 0.29) is 21.6 Å². The molecule has 12 heteroatoms. The summed E-state index contributed by atoms with van der Waals surface area (Å²) in [5.41, 5.74) is 0. The molecule has 0 aromatic carbocycles. The molecular formula is C17H20FN3O6S2. The number of carbonyl (C=O) groups excluding carboxylic acids is 2. The van der Waals surface area contributed by atoms with E-state index in [1.54, 1.807) is 6.92 Å². The second-order valence-corrected chi connectivity index (χ2v) is 9.68. The van der Waals surface area contributed by atoms with E-state index in [0.29, 0.717) is 19.4 Å². The number of carbonyl (C=O) groups is 2. The van der Waals surface area contributed by atoms with Gasteiger partial charge in [0.15, 0.2) is 20.8 Å². The Morgan fingerprint density at radius 1 is 1.41 bits per heavy atom. The normalized spacial score (nSPS) is 17.2. The predicted molar refractivity (Wildman–Crippen MR) is 102 cm³/mol. The molecule has 0 N–H and O–H groups in total. The van der Waals surface area contributed by atoms with Crippen LogP contribution in [0.4, 0.5) is 14.3 Å². The van der Waals surface area contributed by atoms with Gasteiger partial charge in [-0.3, -0.25) is 0 Å². The zero-order valence-electron chi connectivity index (χ0n) is 15.8. The maximum Gasteiger partial charge on any atom is 0.379 e. The Morgan fingerprint density at radius 2 is 2.17 bits per heavy atom. The van der Waals surface area contributed by atoms with Crippen LogP contribution in [0, 0.1) is 5.82 Å². The van der Waals surface area contributed by atoms with Crippen molar-refractivity contribution >= 4 is 38.3 Å². The van der Waals surface area contributed by atoms with Crippen LogP contribution in [0.3, 0.4) is 0 Å². The molecule has 2 aromatic rings. The number of furan rings is 1. The highest BCUT2D eigenvalue weighted by molar-refractivity contribution is 7.93. The van der Waals surface area contributed by atoms with Crippen molar-refractivity contribution in [2.45, 2.75) is 37.1 Å². The molecule has 0 aliphatic carbocycles. The number of aromatic nitrogens is 1. The minimum atomic E-state index is -3.51. The van der Waals surface area contributed by atoms with E-state index in [9.17, 15) is 22.4 Å². The Balaban J connectivity index is 1.89. The molecule has 9 nitrogen and oxygen atoms in total. The van der Waals surface area contributed by atoms with Gasteiger partial charge in [-0.05, 0) is 12.8 Å². The van der Waals surface area contributed by atoms with Crippen LogP contribution in [0.25, 0.3) is 0 Å². The number of esters is 1. The van der Waals surface area contributed by atoms with Crippen LogP contribution < -0.4 is 4.90 Å². The Morgan fingerprint density at radius 3 is 2.79 bits per heavy atom. The maximum atomic E-state index is 13.6. The van der Waals surface area contributed by atoms with Crippen LogP contribution in [0.1, 0.15) is 37.2 Å². The number of halogens is 1. The number of sulfone groups is 1. The van der Waals surface area contributed by atoms with Crippen molar-refractivity contribution in [1.82, 2.24) is 9.88 Å². The highest BCUT2D eigenvalue weighted by Crippen LogP contribution is 2.32. The van der Waals surface area contributed by atoms with E-state index >= 15 is 0 Å². The standard InChI is InChI=1S/C17H20FN3O6S2/c1-3-6-20-10-12(27-15(22)14-11(18)5-7-26-14)21(17(20)23)16-19-9-13(28-16)29(24,25)8-4-2/h5,7,9,12H,3-4,6,8,10H2,1-2H3. The van der Waals surface area contributed by atoms with Crippen molar-refractivity contribution in [3.63, 3.8) is 0 Å². The van der Waals surface area contributed by atoms with E-state index in [4.69, 9.17) is 9.15 Å². The lowest BCUT2D eigenvalue weighted by Gasteiger charge is -2.19. The topological polar surface area (TPSA) is 110 Å². The molecule has 3 heterocycles. The van der Waals surface area contributed by atoms with E-state index in [0.717, 1.165) is 28.6 Å². The molecule has 1 aliphatic rings. The minimum absolute atomic E-state index is 0.0262. The first-order valence-electron chi connectivity index (χ1n) is 8.99. The lowest BCUT2D eigenvalue weighted by Crippen LogP contribution is -2.37. The van der Waals surface area contributed by atoms with Crippen molar-refractivity contribution in [2.75, 3.05) is 23.7 Å². The van der Waals surface area contributed by atoms with Crippen molar-refractivity contribution in [1.29, 1.82) is 0 Å². The van der Waals surface area contributed by atoms with Gasteiger partial charge in [0, 0.05) is 12.6 Å². The largest absolute Gasteiger partial charge is 0.455 e. The highest BCUT2D eigenvalue weighted by Gasteiger charge is 2.43. The van der Waals surface area contributed by atoms with E-state index in [2.05, 4.69) is 4.98 Å². The van der Waals surface area contributed by atoms with Crippen LogP contribution in [-0.2, 0) is 14.6 Å². The van der Waals surface area contributed by atoms with Crippen LogP contribution in [0.2, 0.25) is 0 Å². The van der Waals surface area contributed by atoms with E-state index in [1.165, 1.54) is 11.1 Å². The summed E-state index contributed by atoms with van der Waals surface area (Å²) in [5, 5.41) is 0.0843. The van der Waals surface area contributed by atoms with Gasteiger partial charge in [0.2, 0.25) is 12.0 Å². The van der Waals surface area contributed by atoms with Crippen molar-refractivity contribution in [3.8, 4) is 0 Å². The molecule has 1 aliphatic heterocycles. The SMILES string of the molecule is CCCN1CC(OC(=O)c2occc2F)N(c2ncc(S(=O)(=O)CCC)s2)C1=O. The average molecular weight is 445 g/mol. The Bertz CT molecular complexity index is 1000. The number of urea groups is 1. The monoisotopic (exact) mass is 445 g/mol. The number of rotatable bonds is 8. The van der Waals surface area contributed by atoms with Crippen molar-refractivity contribution in [3.05, 3.63) is 30.1 Å². The van der Waals surface area contributed by atoms with Crippen LogP contribution >= 0.6 is 11.3 Å². The second-order valence-electron chi connectivity index (χ2n) is 6.34. The van der Waals surface area contributed by atoms with Crippen LogP contribution in [-0.4, -0.2) is 55.4 Å². The number of anilines is 1. The van der Waals surface area contributed by atoms with Crippen molar-refractivity contribution in [2.24, 2.45) is 0 Å². The minimum Gasteiger partial charge on any atom is -0.455 e. The summed E-state index contributed by atoms with van der Waals surface area (Å²) in [6.45, 7) is 4.07. The van der Waals surface area contributed by atoms with Gasteiger partial charge in [-0.15, -0.1) is 0 Å². The van der Waals surface area contributed by atoms with Crippen LogP contribution in [0.15, 0.2) is 27.2 Å². The highest BCUT2D eigenvalue weighted by atomic mass is 32.2. The molecule has 29 heavy (non-hydrogen) atoms. The smallest absolute Gasteiger partial charge is 0.379 e. The van der Waals surface area contributed by atoms with Crippen molar-refractivity contribution < 1.29 is 31.6 Å². The third-order valence-electron chi connectivity index (χ3n) is 4.14. The summed E-state index contributed by atoms with van der Waals surface area (Å²) >= 11 is 0.823. The summed E-state index contributed by atoms with van der Waals surface area (Å²) < 4.78 is 48.3. The molecule has 1 fully saturated rings. The molecule has 0 saturated carbocycles. The van der Waals surface area contributed by atoms with Gasteiger partial charge in [-0.2, -0.15) is 0 Å². The average Bonchev–Trinajstić information content (AvgIpc) is 3.36. The Hall–Kier alpha value is -2.47. The first-order valence-corrected chi connectivity index (χ1v) is 11.5. The van der Waals surface area contributed by atoms with Gasteiger partial charge in [0.25, 0.3) is 0 Å². The Kier molecular flexibility index (Phi) is 6.22.